The van der Waals surface area contributed by atoms with Crippen LogP contribution >= 0.6 is 0 Å². The summed E-state index contributed by atoms with van der Waals surface area (Å²) in [6.07, 6.45) is 5.88. The first-order valence-electron chi connectivity index (χ1n) is 8.14. The van der Waals surface area contributed by atoms with Crippen LogP contribution in [-0.2, 0) is 9.59 Å². The minimum absolute atomic E-state index is 0.149. The fourth-order valence-electron chi connectivity index (χ4n) is 3.23. The number of piperidine rings is 2. The van der Waals surface area contributed by atoms with E-state index in [0.29, 0.717) is 18.2 Å². The van der Waals surface area contributed by atoms with Crippen LogP contribution in [0.5, 0.6) is 0 Å². The van der Waals surface area contributed by atoms with Crippen LogP contribution in [0.3, 0.4) is 0 Å². The third kappa shape index (κ3) is 3.97. The van der Waals surface area contributed by atoms with E-state index >= 15 is 0 Å². The van der Waals surface area contributed by atoms with Crippen molar-refractivity contribution < 1.29 is 9.59 Å². The zero-order valence-corrected chi connectivity index (χ0v) is 12.9. The second-order valence-corrected chi connectivity index (χ2v) is 6.64. The lowest BCUT2D eigenvalue weighted by Gasteiger charge is -2.35. The molecule has 0 unspecified atom stereocenters. The van der Waals surface area contributed by atoms with Crippen molar-refractivity contribution in [2.45, 2.75) is 52.4 Å². The van der Waals surface area contributed by atoms with Gasteiger partial charge in [0.15, 0.2) is 0 Å². The zero-order chi connectivity index (χ0) is 14.5. The Morgan fingerprint density at radius 2 is 1.55 bits per heavy atom. The van der Waals surface area contributed by atoms with Gasteiger partial charge in [-0.05, 0) is 38.0 Å². The molecule has 0 aromatic heterocycles. The lowest BCUT2D eigenvalue weighted by atomic mass is 9.94. The van der Waals surface area contributed by atoms with E-state index in [-0.39, 0.29) is 11.8 Å². The molecule has 114 valence electrons. The first-order valence-corrected chi connectivity index (χ1v) is 8.14. The molecule has 2 rings (SSSR count). The van der Waals surface area contributed by atoms with Gasteiger partial charge in [-0.2, -0.15) is 0 Å². The first kappa shape index (κ1) is 15.3. The van der Waals surface area contributed by atoms with Gasteiger partial charge in [-0.1, -0.05) is 13.8 Å². The van der Waals surface area contributed by atoms with Crippen LogP contribution < -0.4 is 0 Å². The Kier molecular flexibility index (Phi) is 5.44. The largest absolute Gasteiger partial charge is 0.343 e. The van der Waals surface area contributed by atoms with E-state index in [4.69, 9.17) is 0 Å². The van der Waals surface area contributed by atoms with Gasteiger partial charge in [0.2, 0.25) is 11.8 Å². The number of hydrogen-bond donors (Lipinski definition) is 0. The van der Waals surface area contributed by atoms with Gasteiger partial charge in [0.1, 0.15) is 0 Å². The molecule has 0 spiro atoms. The van der Waals surface area contributed by atoms with E-state index in [9.17, 15) is 9.59 Å². The topological polar surface area (TPSA) is 40.6 Å². The second kappa shape index (κ2) is 7.09. The quantitative estimate of drug-likeness (QED) is 0.796. The highest BCUT2D eigenvalue weighted by atomic mass is 16.2. The molecule has 4 nitrogen and oxygen atoms in total. The molecule has 20 heavy (non-hydrogen) atoms. The molecular weight excluding hydrogens is 252 g/mol. The molecule has 0 bridgehead atoms. The molecule has 0 radical (unpaired) electrons. The summed E-state index contributed by atoms with van der Waals surface area (Å²) in [5.41, 5.74) is 0. The predicted octanol–water partition coefficient (Wildman–Crippen LogP) is 2.28. The number of carbonyl (C=O) groups excluding carboxylic acids is 2. The molecule has 0 aromatic rings. The first-order chi connectivity index (χ1) is 9.58. The molecular formula is C16H28N2O2. The van der Waals surface area contributed by atoms with Crippen LogP contribution in [0.4, 0.5) is 0 Å². The Bertz CT molecular complexity index is 340. The van der Waals surface area contributed by atoms with Gasteiger partial charge < -0.3 is 9.80 Å². The molecule has 2 amide bonds. The maximum atomic E-state index is 12.4. The van der Waals surface area contributed by atoms with Gasteiger partial charge in [-0.3, -0.25) is 9.59 Å². The lowest BCUT2D eigenvalue weighted by Crippen LogP contribution is -2.45. The van der Waals surface area contributed by atoms with Gasteiger partial charge in [-0.25, -0.2) is 0 Å². The van der Waals surface area contributed by atoms with Crippen molar-refractivity contribution in [1.82, 2.24) is 9.80 Å². The van der Waals surface area contributed by atoms with Crippen LogP contribution in [0, 0.1) is 11.8 Å². The third-order valence-electron chi connectivity index (χ3n) is 4.45. The van der Waals surface area contributed by atoms with Gasteiger partial charge in [0.25, 0.3) is 0 Å². The summed E-state index contributed by atoms with van der Waals surface area (Å²) in [7, 11) is 0. The number of rotatable bonds is 3. The van der Waals surface area contributed by atoms with E-state index in [2.05, 4.69) is 13.8 Å². The normalized spacial score (nSPS) is 21.4. The maximum Gasteiger partial charge on any atom is 0.225 e. The molecule has 0 aromatic carbocycles. The Morgan fingerprint density at radius 3 is 2.10 bits per heavy atom. The number of amides is 2. The summed E-state index contributed by atoms with van der Waals surface area (Å²) < 4.78 is 0. The maximum absolute atomic E-state index is 12.4. The SMILES string of the molecule is CC(C)CC(=O)N1CCC(C(=O)N2CCCCC2)CC1. The van der Waals surface area contributed by atoms with Crippen molar-refractivity contribution in [1.29, 1.82) is 0 Å². The zero-order valence-electron chi connectivity index (χ0n) is 12.9. The number of likely N-dealkylation sites (tertiary alicyclic amines) is 2. The van der Waals surface area contributed by atoms with E-state index < -0.39 is 0 Å². The minimum atomic E-state index is 0.149. The van der Waals surface area contributed by atoms with Crippen molar-refractivity contribution in [2.75, 3.05) is 26.2 Å². The molecule has 0 saturated carbocycles. The van der Waals surface area contributed by atoms with Gasteiger partial charge in [0, 0.05) is 38.5 Å². The molecule has 2 fully saturated rings. The van der Waals surface area contributed by atoms with Crippen LogP contribution in [-0.4, -0.2) is 47.8 Å². The van der Waals surface area contributed by atoms with Crippen molar-refractivity contribution in [3.8, 4) is 0 Å². The van der Waals surface area contributed by atoms with Crippen LogP contribution in [0.1, 0.15) is 52.4 Å². The summed E-state index contributed by atoms with van der Waals surface area (Å²) in [5, 5.41) is 0. The van der Waals surface area contributed by atoms with Crippen LogP contribution in [0.2, 0.25) is 0 Å². The van der Waals surface area contributed by atoms with Crippen molar-refractivity contribution in [3.05, 3.63) is 0 Å². The molecule has 0 N–H and O–H groups in total. The fraction of sp³-hybridized carbons (Fsp3) is 0.875. The molecule has 2 aliphatic heterocycles. The highest BCUT2D eigenvalue weighted by Crippen LogP contribution is 2.22. The van der Waals surface area contributed by atoms with Crippen molar-refractivity contribution in [3.63, 3.8) is 0 Å². The number of carbonyl (C=O) groups is 2. The second-order valence-electron chi connectivity index (χ2n) is 6.64. The Labute approximate surface area is 122 Å². The van der Waals surface area contributed by atoms with Gasteiger partial charge in [-0.15, -0.1) is 0 Å². The monoisotopic (exact) mass is 280 g/mol. The minimum Gasteiger partial charge on any atom is -0.343 e. The lowest BCUT2D eigenvalue weighted by molar-refractivity contribution is -0.141. The average Bonchev–Trinajstić information content (AvgIpc) is 2.47. The highest BCUT2D eigenvalue weighted by molar-refractivity contribution is 5.80. The Balaban J connectivity index is 1.78. The third-order valence-corrected chi connectivity index (χ3v) is 4.45. The van der Waals surface area contributed by atoms with Crippen LogP contribution in [0.15, 0.2) is 0 Å². The Morgan fingerprint density at radius 1 is 0.950 bits per heavy atom. The smallest absolute Gasteiger partial charge is 0.225 e. The highest BCUT2D eigenvalue weighted by Gasteiger charge is 2.30. The summed E-state index contributed by atoms with van der Waals surface area (Å²) in [4.78, 5) is 28.4. The molecule has 0 atom stereocenters. The Hall–Kier alpha value is -1.06. The van der Waals surface area contributed by atoms with Crippen molar-refractivity contribution in [2.24, 2.45) is 11.8 Å². The van der Waals surface area contributed by atoms with E-state index in [1.54, 1.807) is 0 Å². The predicted molar refractivity (Wildman–Crippen MR) is 79.2 cm³/mol. The molecule has 2 heterocycles. The van der Waals surface area contributed by atoms with E-state index in [1.807, 2.05) is 9.80 Å². The average molecular weight is 280 g/mol. The molecule has 2 saturated heterocycles. The standard InChI is InChI=1S/C16H28N2O2/c1-13(2)12-15(19)17-10-6-14(7-11-17)16(20)18-8-4-3-5-9-18/h13-14H,3-12H2,1-2H3. The summed E-state index contributed by atoms with van der Waals surface area (Å²) >= 11 is 0. The number of hydrogen-bond acceptors (Lipinski definition) is 2. The van der Waals surface area contributed by atoms with Crippen molar-refractivity contribution >= 4 is 11.8 Å². The van der Waals surface area contributed by atoms with Crippen LogP contribution in [0.25, 0.3) is 0 Å². The molecule has 2 aliphatic rings. The summed E-state index contributed by atoms with van der Waals surface area (Å²) in [6, 6.07) is 0. The van der Waals surface area contributed by atoms with E-state index in [1.165, 1.54) is 6.42 Å². The van der Waals surface area contributed by atoms with Gasteiger partial charge >= 0.3 is 0 Å². The molecule has 4 heteroatoms. The van der Waals surface area contributed by atoms with E-state index in [0.717, 1.165) is 51.9 Å². The number of nitrogens with zero attached hydrogens (tertiary/aromatic N) is 2. The fourth-order valence-corrected chi connectivity index (χ4v) is 3.23. The summed E-state index contributed by atoms with van der Waals surface area (Å²) in [6.45, 7) is 7.54. The summed E-state index contributed by atoms with van der Waals surface area (Å²) in [5.74, 6) is 1.15. The molecule has 0 aliphatic carbocycles. The van der Waals surface area contributed by atoms with Gasteiger partial charge in [0.05, 0.1) is 0 Å².